The first kappa shape index (κ1) is 25.9. The van der Waals surface area contributed by atoms with Crippen molar-refractivity contribution in [1.29, 1.82) is 0 Å². The number of aromatic nitrogens is 2. The summed E-state index contributed by atoms with van der Waals surface area (Å²) in [6.45, 7) is 2.90. The van der Waals surface area contributed by atoms with Gasteiger partial charge in [0.2, 0.25) is 5.91 Å². The number of thioether (sulfide) groups is 1. The minimum atomic E-state index is -3.78. The van der Waals surface area contributed by atoms with E-state index in [1.165, 1.54) is 10.6 Å². The summed E-state index contributed by atoms with van der Waals surface area (Å²) in [6.07, 6.45) is 3.16. The molecule has 1 aliphatic rings. The van der Waals surface area contributed by atoms with Crippen molar-refractivity contribution in [2.45, 2.75) is 16.3 Å². The molecule has 2 heterocycles. The minimum absolute atomic E-state index is 0.137. The van der Waals surface area contributed by atoms with E-state index in [-0.39, 0.29) is 17.3 Å². The molecule has 38 heavy (non-hydrogen) atoms. The number of carbonyl (C=O) groups excluding carboxylic acids is 1. The van der Waals surface area contributed by atoms with Crippen molar-refractivity contribution < 1.29 is 13.2 Å². The molecule has 0 saturated carbocycles. The number of carbonyl (C=O) groups is 1. The normalized spacial score (nSPS) is 13.9. The molecule has 1 saturated heterocycles. The first-order chi connectivity index (χ1) is 18.5. The molecular formula is C28H29N5O3S2. The molecular weight excluding hydrogens is 518 g/mol. The fraction of sp³-hybridized carbons (Fsp3) is 0.214. The fourth-order valence-electron chi connectivity index (χ4n) is 4.36. The van der Waals surface area contributed by atoms with Crippen LogP contribution in [0.4, 0.5) is 11.4 Å². The summed E-state index contributed by atoms with van der Waals surface area (Å²) in [4.78, 5) is 25.2. The molecule has 8 nitrogen and oxygen atoms in total. The highest BCUT2D eigenvalue weighted by molar-refractivity contribution is 8.00. The number of aromatic amines is 1. The maximum atomic E-state index is 13.5. The predicted molar refractivity (Wildman–Crippen MR) is 151 cm³/mol. The van der Waals surface area contributed by atoms with Crippen molar-refractivity contribution in [3.8, 4) is 0 Å². The molecule has 1 N–H and O–H groups in total. The van der Waals surface area contributed by atoms with Crippen LogP contribution in [0.5, 0.6) is 0 Å². The molecule has 4 aromatic rings. The Kier molecular flexibility index (Phi) is 8.00. The number of hydrogen-bond donors (Lipinski definition) is 1. The van der Waals surface area contributed by atoms with Gasteiger partial charge in [0.15, 0.2) is 0 Å². The highest BCUT2D eigenvalue weighted by Gasteiger charge is 2.26. The van der Waals surface area contributed by atoms with Gasteiger partial charge in [-0.1, -0.05) is 36.4 Å². The van der Waals surface area contributed by atoms with E-state index in [0.29, 0.717) is 30.2 Å². The number of benzene rings is 3. The first-order valence-corrected chi connectivity index (χ1v) is 14.8. The molecule has 1 aliphatic heterocycles. The van der Waals surface area contributed by atoms with Gasteiger partial charge in [0.05, 0.1) is 34.9 Å². The van der Waals surface area contributed by atoms with Crippen LogP contribution in [0, 0.1) is 0 Å². The van der Waals surface area contributed by atoms with E-state index in [1.807, 2.05) is 59.5 Å². The molecule has 0 bridgehead atoms. The van der Waals surface area contributed by atoms with Gasteiger partial charge < -0.3 is 14.8 Å². The zero-order valence-corrected chi connectivity index (χ0v) is 22.4. The van der Waals surface area contributed by atoms with Crippen LogP contribution in [0.25, 0.3) is 0 Å². The number of nitrogens with one attached hydrogen (secondary N) is 1. The van der Waals surface area contributed by atoms with Gasteiger partial charge in [-0.2, -0.15) is 0 Å². The van der Waals surface area contributed by atoms with Gasteiger partial charge in [-0.15, -0.1) is 11.8 Å². The van der Waals surface area contributed by atoms with Crippen LogP contribution in [0.15, 0.2) is 107 Å². The van der Waals surface area contributed by atoms with E-state index >= 15 is 0 Å². The highest BCUT2D eigenvalue weighted by atomic mass is 32.2. The molecule has 10 heteroatoms. The molecule has 0 unspecified atom stereocenters. The average molecular weight is 548 g/mol. The number of imidazole rings is 1. The summed E-state index contributed by atoms with van der Waals surface area (Å²) in [5, 5.41) is 0. The fourth-order valence-corrected chi connectivity index (χ4v) is 6.64. The van der Waals surface area contributed by atoms with Gasteiger partial charge in [0.1, 0.15) is 0 Å². The number of amides is 1. The number of anilines is 2. The van der Waals surface area contributed by atoms with E-state index in [2.05, 4.69) is 14.9 Å². The maximum Gasteiger partial charge on any atom is 0.264 e. The Morgan fingerprint density at radius 2 is 1.55 bits per heavy atom. The van der Waals surface area contributed by atoms with Gasteiger partial charge in [-0.25, -0.2) is 13.4 Å². The van der Waals surface area contributed by atoms with E-state index < -0.39 is 10.0 Å². The first-order valence-electron chi connectivity index (χ1n) is 12.4. The van der Waals surface area contributed by atoms with Crippen molar-refractivity contribution in [1.82, 2.24) is 14.9 Å². The highest BCUT2D eigenvalue weighted by Crippen LogP contribution is 2.28. The third kappa shape index (κ3) is 6.03. The quantitative estimate of drug-likeness (QED) is 0.315. The summed E-state index contributed by atoms with van der Waals surface area (Å²) in [5.74, 6) is 0.579. The molecule has 0 atom stereocenters. The van der Waals surface area contributed by atoms with Crippen molar-refractivity contribution in [2.24, 2.45) is 0 Å². The lowest BCUT2D eigenvalue weighted by Crippen LogP contribution is -2.49. The second-order valence-electron chi connectivity index (χ2n) is 8.89. The van der Waals surface area contributed by atoms with E-state index in [1.54, 1.807) is 48.3 Å². The molecule has 3 aromatic carbocycles. The lowest BCUT2D eigenvalue weighted by Gasteiger charge is -2.36. The number of hydrogen-bond acceptors (Lipinski definition) is 6. The molecule has 1 fully saturated rings. The van der Waals surface area contributed by atoms with Crippen molar-refractivity contribution in [2.75, 3.05) is 41.1 Å². The van der Waals surface area contributed by atoms with Crippen molar-refractivity contribution in [3.63, 3.8) is 0 Å². The second-order valence-corrected chi connectivity index (χ2v) is 11.8. The molecule has 196 valence electrons. The lowest BCUT2D eigenvalue weighted by atomic mass is 10.2. The van der Waals surface area contributed by atoms with Crippen LogP contribution in [-0.4, -0.2) is 61.1 Å². The zero-order chi connectivity index (χ0) is 26.4. The van der Waals surface area contributed by atoms with Crippen LogP contribution >= 0.6 is 11.8 Å². The average Bonchev–Trinajstić information content (AvgIpc) is 3.49. The van der Waals surface area contributed by atoms with Crippen LogP contribution < -0.4 is 9.21 Å². The molecule has 5 rings (SSSR count). The van der Waals surface area contributed by atoms with Gasteiger partial charge in [-0.05, 0) is 48.5 Å². The third-order valence-electron chi connectivity index (χ3n) is 6.44. The number of rotatable bonds is 9. The number of piperazine rings is 1. The molecule has 0 spiro atoms. The number of sulfonamides is 1. The summed E-state index contributed by atoms with van der Waals surface area (Å²) in [6, 6.07) is 25.9. The number of nitrogens with zero attached hydrogens (tertiary/aromatic N) is 4. The second kappa shape index (κ2) is 11.7. The summed E-state index contributed by atoms with van der Waals surface area (Å²) in [7, 11) is -3.78. The maximum absolute atomic E-state index is 13.5. The lowest BCUT2D eigenvalue weighted by molar-refractivity contribution is -0.128. The summed E-state index contributed by atoms with van der Waals surface area (Å²) >= 11 is 1.56. The Morgan fingerprint density at radius 1 is 0.895 bits per heavy atom. The molecule has 1 aromatic heterocycles. The van der Waals surface area contributed by atoms with Gasteiger partial charge >= 0.3 is 0 Å². The Bertz CT molecular complexity index is 1420. The van der Waals surface area contributed by atoms with E-state index in [4.69, 9.17) is 0 Å². The Morgan fingerprint density at radius 3 is 2.18 bits per heavy atom. The van der Waals surface area contributed by atoms with Gasteiger partial charge in [0.25, 0.3) is 10.0 Å². The largest absolute Gasteiger partial charge is 0.368 e. The van der Waals surface area contributed by atoms with Crippen molar-refractivity contribution >= 4 is 39.1 Å². The van der Waals surface area contributed by atoms with Crippen LogP contribution in [0.3, 0.4) is 0 Å². The molecule has 0 radical (unpaired) electrons. The zero-order valence-electron chi connectivity index (χ0n) is 20.8. The minimum Gasteiger partial charge on any atom is -0.368 e. The van der Waals surface area contributed by atoms with E-state index in [0.717, 1.165) is 23.7 Å². The molecule has 0 aliphatic carbocycles. The van der Waals surface area contributed by atoms with Crippen molar-refractivity contribution in [3.05, 3.63) is 103 Å². The van der Waals surface area contributed by atoms with Crippen LogP contribution in [-0.2, 0) is 21.4 Å². The Labute approximate surface area is 227 Å². The molecule has 1 amide bonds. The standard InChI is InChI=1S/C28H29N5O3S2/c34-28(21-37-26-7-3-1-4-8-26)32-17-15-31(16-18-32)24-11-13-25(14-12-24)33(20-23-19-29-22-30-23)38(35,36)27-9-5-2-6-10-27/h1-14,19,22H,15-18,20-21H2,(H,29,30). The number of H-pyrrole nitrogens is 1. The summed E-state index contributed by atoms with van der Waals surface area (Å²) in [5.41, 5.74) is 2.26. The topological polar surface area (TPSA) is 89.6 Å². The monoisotopic (exact) mass is 547 g/mol. The van der Waals surface area contributed by atoms with Gasteiger partial charge in [-0.3, -0.25) is 9.10 Å². The predicted octanol–water partition coefficient (Wildman–Crippen LogP) is 4.25. The van der Waals surface area contributed by atoms with Gasteiger partial charge in [0, 0.05) is 43.0 Å². The van der Waals surface area contributed by atoms with Crippen LogP contribution in [0.1, 0.15) is 5.69 Å². The van der Waals surface area contributed by atoms with E-state index in [9.17, 15) is 13.2 Å². The SMILES string of the molecule is O=C(CSc1ccccc1)N1CCN(c2ccc(N(Cc3cnc[nH]3)S(=O)(=O)c3ccccc3)cc2)CC1. The Hall–Kier alpha value is -3.76. The smallest absolute Gasteiger partial charge is 0.264 e. The Balaban J connectivity index is 1.25. The third-order valence-corrected chi connectivity index (χ3v) is 9.23. The van der Waals surface area contributed by atoms with Crippen LogP contribution in [0.2, 0.25) is 0 Å². The summed E-state index contributed by atoms with van der Waals surface area (Å²) < 4.78 is 28.5.